The molecule has 0 aliphatic carbocycles. The molecular weight excluding hydrogens is 260 g/mol. The van der Waals surface area contributed by atoms with Crippen molar-refractivity contribution >= 4 is 35.2 Å². The molecule has 0 aromatic carbocycles. The molecule has 0 saturated heterocycles. The molecule has 0 aliphatic rings. The van der Waals surface area contributed by atoms with Gasteiger partial charge in [0.1, 0.15) is 0 Å². The van der Waals surface area contributed by atoms with Gasteiger partial charge in [0.15, 0.2) is 4.77 Å². The molecule has 0 spiro atoms. The fraction of sp³-hybridized carbons (Fsp3) is 0.364. The molecule has 0 fully saturated rings. The normalized spacial score (nSPS) is 10.9. The number of H-pyrrole nitrogens is 1. The minimum absolute atomic E-state index is 0.805. The van der Waals surface area contributed by atoms with Gasteiger partial charge in [-0.15, -0.1) is 11.3 Å². The summed E-state index contributed by atoms with van der Waals surface area (Å²) < 4.78 is 3.81. The molecule has 0 atom stereocenters. The van der Waals surface area contributed by atoms with Crippen LogP contribution in [0.15, 0.2) is 18.3 Å². The second kappa shape index (κ2) is 5.17. The Morgan fingerprint density at radius 3 is 2.94 bits per heavy atom. The summed E-state index contributed by atoms with van der Waals surface area (Å²) in [5.41, 5.74) is 1.26. The third-order valence-corrected chi connectivity index (χ3v) is 4.16. The first kappa shape index (κ1) is 11.9. The molecule has 16 heavy (non-hydrogen) atoms. The van der Waals surface area contributed by atoms with Crippen LogP contribution in [0.4, 0.5) is 0 Å². The van der Waals surface area contributed by atoms with Crippen molar-refractivity contribution in [3.63, 3.8) is 0 Å². The second-order valence-electron chi connectivity index (χ2n) is 3.55. The van der Waals surface area contributed by atoms with Gasteiger partial charge in [-0.25, -0.2) is 0 Å². The highest BCUT2D eigenvalue weighted by Crippen LogP contribution is 2.22. The van der Waals surface area contributed by atoms with E-state index in [0.717, 1.165) is 28.5 Å². The van der Waals surface area contributed by atoms with Crippen LogP contribution in [0.2, 0.25) is 4.34 Å². The summed E-state index contributed by atoms with van der Waals surface area (Å²) in [7, 11) is 0. The van der Waals surface area contributed by atoms with Crippen LogP contribution >= 0.6 is 35.2 Å². The monoisotopic (exact) mass is 272 g/mol. The molecule has 2 heterocycles. The van der Waals surface area contributed by atoms with Crippen molar-refractivity contribution in [2.45, 2.75) is 26.3 Å². The fourth-order valence-corrected chi connectivity index (χ4v) is 3.02. The Labute approximate surface area is 109 Å². The van der Waals surface area contributed by atoms with E-state index in [9.17, 15) is 0 Å². The Balaban J connectivity index is 2.09. The largest absolute Gasteiger partial charge is 0.337 e. The molecule has 0 unspecified atom stereocenters. The average molecular weight is 273 g/mol. The van der Waals surface area contributed by atoms with E-state index in [4.69, 9.17) is 23.8 Å². The number of nitrogens with one attached hydrogen (secondary N) is 1. The Hall–Kier alpha value is -0.580. The Kier molecular flexibility index (Phi) is 3.84. The topological polar surface area (TPSA) is 20.7 Å². The van der Waals surface area contributed by atoms with Gasteiger partial charge >= 0.3 is 0 Å². The average Bonchev–Trinajstić information content (AvgIpc) is 2.82. The van der Waals surface area contributed by atoms with Gasteiger partial charge in [0.2, 0.25) is 0 Å². The molecule has 0 saturated carbocycles. The maximum Gasteiger partial charge on any atom is 0.177 e. The van der Waals surface area contributed by atoms with Gasteiger partial charge in [-0.2, -0.15) is 0 Å². The fourth-order valence-electron chi connectivity index (χ4n) is 1.68. The number of aromatic amines is 1. The summed E-state index contributed by atoms with van der Waals surface area (Å²) in [5.74, 6) is 0. The summed E-state index contributed by atoms with van der Waals surface area (Å²) in [6, 6.07) is 4.02. The molecular formula is C11H13ClN2S2. The van der Waals surface area contributed by atoms with Crippen LogP contribution < -0.4 is 0 Å². The standard InChI is InChI=1S/C11H13ClN2S2/c1-2-8-7-13-11(15)14(8)6-5-9-3-4-10(12)16-9/h3-4,7H,2,5-6H2,1H3,(H,13,15). The first-order chi connectivity index (χ1) is 7.70. The summed E-state index contributed by atoms with van der Waals surface area (Å²) in [6.45, 7) is 3.05. The Morgan fingerprint density at radius 1 is 1.50 bits per heavy atom. The van der Waals surface area contributed by atoms with Crippen molar-refractivity contribution in [1.29, 1.82) is 0 Å². The highest BCUT2D eigenvalue weighted by molar-refractivity contribution is 7.71. The van der Waals surface area contributed by atoms with E-state index in [1.807, 2.05) is 12.3 Å². The quantitative estimate of drug-likeness (QED) is 0.833. The zero-order valence-electron chi connectivity index (χ0n) is 9.00. The maximum atomic E-state index is 5.90. The summed E-state index contributed by atoms with van der Waals surface area (Å²) in [5, 5.41) is 0. The lowest BCUT2D eigenvalue weighted by atomic mass is 10.3. The smallest absolute Gasteiger partial charge is 0.177 e. The molecule has 0 amide bonds. The highest BCUT2D eigenvalue weighted by atomic mass is 35.5. The van der Waals surface area contributed by atoms with Gasteiger partial charge in [0.05, 0.1) is 4.34 Å². The van der Waals surface area contributed by atoms with Crippen molar-refractivity contribution in [2.75, 3.05) is 0 Å². The second-order valence-corrected chi connectivity index (χ2v) is 5.73. The predicted octanol–water partition coefficient (Wildman–Crippen LogP) is 4.07. The van der Waals surface area contributed by atoms with Gasteiger partial charge in [0.25, 0.3) is 0 Å². The van der Waals surface area contributed by atoms with Crippen LogP contribution in [0.3, 0.4) is 0 Å². The zero-order chi connectivity index (χ0) is 11.5. The van der Waals surface area contributed by atoms with Gasteiger partial charge < -0.3 is 9.55 Å². The third kappa shape index (κ3) is 2.56. The van der Waals surface area contributed by atoms with Crippen LogP contribution in [-0.2, 0) is 19.4 Å². The van der Waals surface area contributed by atoms with Crippen molar-refractivity contribution in [3.8, 4) is 0 Å². The van der Waals surface area contributed by atoms with Crippen molar-refractivity contribution in [2.24, 2.45) is 0 Å². The number of halogens is 1. The highest BCUT2D eigenvalue weighted by Gasteiger charge is 2.03. The summed E-state index contributed by atoms with van der Waals surface area (Å²) in [6.07, 6.45) is 3.97. The van der Waals surface area contributed by atoms with Crippen LogP contribution in [-0.4, -0.2) is 9.55 Å². The number of aryl methyl sites for hydroxylation is 2. The maximum absolute atomic E-state index is 5.90. The minimum atomic E-state index is 0.805. The van der Waals surface area contributed by atoms with E-state index in [1.165, 1.54) is 10.6 Å². The van der Waals surface area contributed by atoms with Crippen LogP contribution in [0.1, 0.15) is 17.5 Å². The molecule has 2 aromatic heterocycles. The lowest BCUT2D eigenvalue weighted by Crippen LogP contribution is -2.04. The summed E-state index contributed by atoms with van der Waals surface area (Å²) in [4.78, 5) is 4.39. The number of hydrogen-bond acceptors (Lipinski definition) is 2. The SMILES string of the molecule is CCc1c[nH]c(=S)n1CCc1ccc(Cl)s1. The Bertz CT molecular complexity index is 524. The number of hydrogen-bond donors (Lipinski definition) is 1. The van der Waals surface area contributed by atoms with Gasteiger partial charge in [-0.05, 0) is 37.2 Å². The summed E-state index contributed by atoms with van der Waals surface area (Å²) >= 11 is 12.8. The van der Waals surface area contributed by atoms with E-state index >= 15 is 0 Å². The van der Waals surface area contributed by atoms with Crippen molar-refractivity contribution in [3.05, 3.63) is 38.0 Å². The number of aromatic nitrogens is 2. The van der Waals surface area contributed by atoms with Crippen molar-refractivity contribution < 1.29 is 0 Å². The molecule has 0 bridgehead atoms. The Morgan fingerprint density at radius 2 is 2.31 bits per heavy atom. The van der Waals surface area contributed by atoms with Gasteiger partial charge in [-0.1, -0.05) is 18.5 Å². The zero-order valence-corrected chi connectivity index (χ0v) is 11.4. The van der Waals surface area contributed by atoms with E-state index in [2.05, 4.69) is 22.5 Å². The molecule has 2 rings (SSSR count). The van der Waals surface area contributed by atoms with Gasteiger partial charge in [0, 0.05) is 23.3 Å². The third-order valence-electron chi connectivity index (χ3n) is 2.53. The molecule has 2 aromatic rings. The van der Waals surface area contributed by atoms with Crippen LogP contribution in [0, 0.1) is 4.77 Å². The van der Waals surface area contributed by atoms with E-state index in [1.54, 1.807) is 11.3 Å². The predicted molar refractivity (Wildman–Crippen MR) is 72.0 cm³/mol. The first-order valence-corrected chi connectivity index (χ1v) is 6.82. The molecule has 2 nitrogen and oxygen atoms in total. The number of thiophene rings is 1. The van der Waals surface area contributed by atoms with E-state index in [0.29, 0.717) is 0 Å². The van der Waals surface area contributed by atoms with Crippen LogP contribution in [0.5, 0.6) is 0 Å². The minimum Gasteiger partial charge on any atom is -0.337 e. The molecule has 0 radical (unpaired) electrons. The molecule has 1 N–H and O–H groups in total. The van der Waals surface area contributed by atoms with Gasteiger partial charge in [-0.3, -0.25) is 0 Å². The number of imidazole rings is 1. The van der Waals surface area contributed by atoms with Crippen LogP contribution in [0.25, 0.3) is 0 Å². The van der Waals surface area contributed by atoms with Crippen molar-refractivity contribution in [1.82, 2.24) is 9.55 Å². The number of rotatable bonds is 4. The molecule has 5 heteroatoms. The lowest BCUT2D eigenvalue weighted by molar-refractivity contribution is 0.660. The van der Waals surface area contributed by atoms with E-state index < -0.39 is 0 Å². The first-order valence-electron chi connectivity index (χ1n) is 5.22. The lowest BCUT2D eigenvalue weighted by Gasteiger charge is -2.05. The molecule has 86 valence electrons. The van der Waals surface area contributed by atoms with E-state index in [-0.39, 0.29) is 0 Å². The number of nitrogens with zero attached hydrogens (tertiary/aromatic N) is 1. The molecule has 0 aliphatic heterocycles.